The largest absolute Gasteiger partial charge is 0.489 e. The monoisotopic (exact) mass is 912 g/mol. The zero-order valence-corrected chi connectivity index (χ0v) is 37.8. The lowest BCUT2D eigenvalue weighted by atomic mass is 10.1. The summed E-state index contributed by atoms with van der Waals surface area (Å²) in [6.07, 6.45) is -6.18. The zero-order chi connectivity index (χ0) is 45.2. The molecule has 6 aromatic rings. The molecule has 344 valence electrons. The second-order valence-corrected chi connectivity index (χ2v) is 16.5. The maximum absolute atomic E-state index is 7.55. The smallest absolute Gasteiger partial charge is 0.198 e. The van der Waals surface area contributed by atoms with E-state index in [9.17, 15) is 0 Å². The van der Waals surface area contributed by atoms with E-state index in [0.717, 1.165) is 33.4 Å². The normalized spacial score (nSPS) is 23.1. The third-order valence-corrected chi connectivity index (χ3v) is 11.7. The van der Waals surface area contributed by atoms with Crippen molar-refractivity contribution in [2.45, 2.75) is 88.8 Å². The van der Waals surface area contributed by atoms with Crippen LogP contribution in [0.4, 0.5) is 0 Å². The van der Waals surface area contributed by atoms with E-state index in [4.69, 9.17) is 59.0 Å². The summed E-state index contributed by atoms with van der Waals surface area (Å²) in [6.45, 7) is 1.76. The summed E-state index contributed by atoms with van der Waals surface area (Å²) in [5, 5.41) is 0.169. The Morgan fingerprint density at radius 2 is 0.803 bits per heavy atom. The van der Waals surface area contributed by atoms with Crippen molar-refractivity contribution in [1.82, 2.24) is 0 Å². The minimum Gasteiger partial charge on any atom is -0.489 e. The molecule has 10 nitrogen and oxygen atoms in total. The van der Waals surface area contributed by atoms with Crippen LogP contribution in [-0.4, -0.2) is 69.5 Å². The van der Waals surface area contributed by atoms with Gasteiger partial charge in [-0.15, -0.1) is 0 Å². The number of methoxy groups -OCH3 is 1. The molecule has 1 saturated heterocycles. The number of ether oxygens (including phenoxy) is 10. The van der Waals surface area contributed by atoms with Gasteiger partial charge >= 0.3 is 0 Å². The lowest BCUT2D eigenvalue weighted by Crippen LogP contribution is -2.46. The Kier molecular flexibility index (Phi) is 18.0. The van der Waals surface area contributed by atoms with Gasteiger partial charge in [-0.2, -0.15) is 0 Å². The highest BCUT2D eigenvalue weighted by Crippen LogP contribution is 2.36. The predicted molar refractivity (Wildman–Crippen MR) is 251 cm³/mol. The molecule has 8 rings (SSSR count). The van der Waals surface area contributed by atoms with Crippen molar-refractivity contribution in [3.63, 3.8) is 0 Å². The maximum Gasteiger partial charge on any atom is 0.198 e. The molecule has 0 spiro atoms. The molecule has 0 aromatic heterocycles. The van der Waals surface area contributed by atoms with Gasteiger partial charge in [0.1, 0.15) is 54.0 Å². The molecule has 0 N–H and O–H groups in total. The quantitative estimate of drug-likeness (QED) is 0.0619. The second kappa shape index (κ2) is 25.1. The van der Waals surface area contributed by atoms with Crippen molar-refractivity contribution < 1.29 is 47.4 Å². The molecule has 0 amide bonds. The third kappa shape index (κ3) is 13.5. The lowest BCUT2D eigenvalue weighted by molar-refractivity contribution is -0.221. The molecule has 2 heterocycles. The van der Waals surface area contributed by atoms with Gasteiger partial charge in [-0.1, -0.05) is 194 Å². The van der Waals surface area contributed by atoms with E-state index in [2.05, 4.69) is 0 Å². The van der Waals surface area contributed by atoms with Crippen LogP contribution >= 0.6 is 11.6 Å². The summed E-state index contributed by atoms with van der Waals surface area (Å²) in [6, 6.07) is 59.7. The molecule has 6 aromatic carbocycles. The fraction of sp³-hybridized carbons (Fsp3) is 0.309. The van der Waals surface area contributed by atoms with Crippen LogP contribution in [0.5, 0.6) is 0 Å². The first-order valence-electron chi connectivity index (χ1n) is 22.4. The van der Waals surface area contributed by atoms with Crippen molar-refractivity contribution in [2.75, 3.05) is 20.3 Å². The van der Waals surface area contributed by atoms with Crippen molar-refractivity contribution in [3.8, 4) is 0 Å². The summed E-state index contributed by atoms with van der Waals surface area (Å²) in [5.74, 6) is 0.327. The molecule has 66 heavy (non-hydrogen) atoms. The van der Waals surface area contributed by atoms with Crippen molar-refractivity contribution >= 4 is 11.6 Å². The Labute approximate surface area is 392 Å². The van der Waals surface area contributed by atoms with Crippen LogP contribution in [0.1, 0.15) is 33.4 Å². The summed E-state index contributed by atoms with van der Waals surface area (Å²) in [4.78, 5) is 0. The van der Waals surface area contributed by atoms with Crippen molar-refractivity contribution in [2.24, 2.45) is 0 Å². The Balaban J connectivity index is 1.12. The van der Waals surface area contributed by atoms with Gasteiger partial charge < -0.3 is 47.4 Å². The number of benzene rings is 6. The first-order chi connectivity index (χ1) is 32.6. The topological polar surface area (TPSA) is 92.3 Å². The fourth-order valence-corrected chi connectivity index (χ4v) is 8.17. The predicted octanol–water partition coefficient (Wildman–Crippen LogP) is 10.3. The molecular weight excluding hydrogens is 856 g/mol. The molecule has 8 atom stereocenters. The Morgan fingerprint density at radius 3 is 1.27 bits per heavy atom. The first-order valence-corrected chi connectivity index (χ1v) is 22.7. The van der Waals surface area contributed by atoms with Gasteiger partial charge in [-0.25, -0.2) is 0 Å². The van der Waals surface area contributed by atoms with Gasteiger partial charge in [-0.05, 0) is 33.4 Å². The molecule has 0 unspecified atom stereocenters. The van der Waals surface area contributed by atoms with Crippen LogP contribution in [0.15, 0.2) is 193 Å². The highest BCUT2D eigenvalue weighted by molar-refractivity contribution is 6.30. The molecule has 2 aliphatic heterocycles. The highest BCUT2D eigenvalue weighted by Gasteiger charge is 2.49. The van der Waals surface area contributed by atoms with Crippen LogP contribution in [-0.2, 0) is 87.0 Å². The van der Waals surface area contributed by atoms with Gasteiger partial charge in [0.05, 0.1) is 46.2 Å². The van der Waals surface area contributed by atoms with Crippen LogP contribution in [0, 0.1) is 0 Å². The SMILES string of the molecule is CO[C@H]1O[C@H](CO[C@H]2O[C@H](COCc3ccccc3)[C@@H](OCc3ccccc3)[C@H](OCc3ccccc3)C(OCc3ccccc3)=C2Cl)[C@@H](OCc2ccccc2)[C@@H]1OCc1ccccc1. The van der Waals surface area contributed by atoms with Crippen molar-refractivity contribution in [3.05, 3.63) is 226 Å². The van der Waals surface area contributed by atoms with Gasteiger partial charge in [0.15, 0.2) is 12.6 Å². The van der Waals surface area contributed by atoms with E-state index in [-0.39, 0.29) is 38.1 Å². The number of halogens is 1. The minimum absolute atomic E-state index is 0.0139. The van der Waals surface area contributed by atoms with E-state index in [0.29, 0.717) is 25.6 Å². The number of hydrogen-bond acceptors (Lipinski definition) is 10. The van der Waals surface area contributed by atoms with Gasteiger partial charge in [-0.3, -0.25) is 0 Å². The van der Waals surface area contributed by atoms with Crippen LogP contribution in [0.25, 0.3) is 0 Å². The summed E-state index contributed by atoms with van der Waals surface area (Å²) < 4.78 is 66.3. The molecule has 11 heteroatoms. The molecule has 0 bridgehead atoms. The Hall–Kier alpha value is -5.21. The standard InChI is InChI=1S/C55H57ClO10/c1-57-55-53(63-37-45-30-18-7-19-31-45)50(60-34-42-24-12-4-13-25-42)47(66-55)39-64-54-48(56)51(61-35-43-26-14-5-15-27-43)52(62-36-44-28-16-6-17-29-44)49(59-33-41-22-10-3-11-23-41)46(65-54)38-58-32-40-20-8-2-9-21-40/h2-31,46-47,49-50,52-55H,32-39H2,1H3/t46-,47-,49-,50-,52+,53+,54+,55+/m1/s1. The third-order valence-electron chi connectivity index (χ3n) is 11.3. The number of rotatable bonds is 23. The van der Waals surface area contributed by atoms with Crippen LogP contribution < -0.4 is 0 Å². The van der Waals surface area contributed by atoms with E-state index in [1.54, 1.807) is 7.11 Å². The van der Waals surface area contributed by atoms with Gasteiger partial charge in [0.2, 0.25) is 0 Å². The van der Waals surface area contributed by atoms with E-state index in [1.165, 1.54) is 0 Å². The van der Waals surface area contributed by atoms with Crippen LogP contribution in [0.2, 0.25) is 0 Å². The molecular formula is C55H57ClO10. The summed E-state index contributed by atoms with van der Waals surface area (Å²) >= 11 is 7.55. The number of hydrogen-bond donors (Lipinski definition) is 0. The van der Waals surface area contributed by atoms with Gasteiger partial charge in [0.25, 0.3) is 0 Å². The Morgan fingerprint density at radius 1 is 0.409 bits per heavy atom. The van der Waals surface area contributed by atoms with E-state index in [1.807, 2.05) is 182 Å². The minimum atomic E-state index is -1.17. The summed E-state index contributed by atoms with van der Waals surface area (Å²) in [7, 11) is 1.59. The first kappa shape index (κ1) is 47.3. The second-order valence-electron chi connectivity index (χ2n) is 16.1. The molecule has 1 fully saturated rings. The van der Waals surface area contributed by atoms with Crippen LogP contribution in [0.3, 0.4) is 0 Å². The summed E-state index contributed by atoms with van der Waals surface area (Å²) in [5.41, 5.74) is 5.89. The average Bonchev–Trinajstić information content (AvgIpc) is 3.67. The Bertz CT molecular complexity index is 2310. The average molecular weight is 914 g/mol. The molecule has 0 saturated carbocycles. The molecule has 0 aliphatic carbocycles. The zero-order valence-electron chi connectivity index (χ0n) is 37.1. The molecule has 2 aliphatic rings. The molecule has 0 radical (unpaired) electrons. The lowest BCUT2D eigenvalue weighted by Gasteiger charge is -2.33. The van der Waals surface area contributed by atoms with E-state index >= 15 is 0 Å². The fourth-order valence-electron chi connectivity index (χ4n) is 7.89. The van der Waals surface area contributed by atoms with Crippen molar-refractivity contribution in [1.29, 1.82) is 0 Å². The van der Waals surface area contributed by atoms with E-state index < -0.39 is 49.2 Å². The highest BCUT2D eigenvalue weighted by atomic mass is 35.5. The maximum atomic E-state index is 7.55. The van der Waals surface area contributed by atoms with Gasteiger partial charge in [0, 0.05) is 7.11 Å².